The van der Waals surface area contributed by atoms with Gasteiger partial charge in [0.15, 0.2) is 0 Å². The lowest BCUT2D eigenvalue weighted by Gasteiger charge is -2.26. The summed E-state index contributed by atoms with van der Waals surface area (Å²) in [7, 11) is -3.81. The van der Waals surface area contributed by atoms with Gasteiger partial charge < -0.3 is 10.1 Å². The van der Waals surface area contributed by atoms with Gasteiger partial charge in [0.05, 0.1) is 29.4 Å². The summed E-state index contributed by atoms with van der Waals surface area (Å²) in [5, 5.41) is 2.79. The van der Waals surface area contributed by atoms with Gasteiger partial charge in [-0.1, -0.05) is 24.3 Å². The number of rotatable bonds is 5. The number of aromatic nitrogens is 3. The normalized spacial score (nSPS) is 14.9. The van der Waals surface area contributed by atoms with Crippen LogP contribution in [0.2, 0.25) is 0 Å². The van der Waals surface area contributed by atoms with Gasteiger partial charge in [0, 0.05) is 42.9 Å². The first-order chi connectivity index (χ1) is 16.0. The number of amides is 1. The number of hydrogen-bond acceptors (Lipinski definition) is 6. The minimum absolute atomic E-state index is 0.0155. The van der Waals surface area contributed by atoms with Crippen LogP contribution in [0, 0.1) is 0 Å². The molecule has 0 unspecified atom stereocenters. The van der Waals surface area contributed by atoms with Crippen LogP contribution < -0.4 is 5.32 Å². The Labute approximate surface area is 190 Å². The molecule has 1 amide bonds. The maximum atomic E-state index is 13.1. The molecule has 1 N–H and O–H groups in total. The highest BCUT2D eigenvalue weighted by Gasteiger charge is 2.30. The molecule has 0 atom stereocenters. The topological polar surface area (TPSA) is 106 Å². The second kappa shape index (κ2) is 8.74. The fourth-order valence-electron chi connectivity index (χ4n) is 3.70. The predicted molar refractivity (Wildman–Crippen MR) is 122 cm³/mol. The number of fused-ring (bicyclic) bond motifs is 1. The molecule has 33 heavy (non-hydrogen) atoms. The van der Waals surface area contributed by atoms with Crippen molar-refractivity contribution in [2.45, 2.75) is 4.90 Å². The highest BCUT2D eigenvalue weighted by Crippen LogP contribution is 2.24. The van der Waals surface area contributed by atoms with Crippen LogP contribution in [0.25, 0.3) is 17.0 Å². The second-order valence-electron chi connectivity index (χ2n) is 7.50. The zero-order valence-electron chi connectivity index (χ0n) is 17.6. The highest BCUT2D eigenvalue weighted by molar-refractivity contribution is 7.89. The number of imidazole rings is 1. The van der Waals surface area contributed by atoms with Gasteiger partial charge in [-0.05, 0) is 30.3 Å². The molecule has 0 spiro atoms. The maximum Gasteiger partial charge on any atom is 0.257 e. The van der Waals surface area contributed by atoms with Crippen molar-refractivity contribution in [1.29, 1.82) is 0 Å². The van der Waals surface area contributed by atoms with Gasteiger partial charge in [-0.3, -0.25) is 9.20 Å². The Morgan fingerprint density at radius 1 is 1.00 bits per heavy atom. The zero-order chi connectivity index (χ0) is 22.8. The van der Waals surface area contributed by atoms with Gasteiger partial charge in [0.25, 0.3) is 5.91 Å². The molecule has 0 bridgehead atoms. The van der Waals surface area contributed by atoms with Crippen LogP contribution in [-0.2, 0) is 14.8 Å². The number of benzene rings is 2. The molecular formula is C23H21N5O4S. The van der Waals surface area contributed by atoms with Gasteiger partial charge in [-0.2, -0.15) is 4.31 Å². The third kappa shape index (κ3) is 4.23. The quantitative estimate of drug-likeness (QED) is 0.488. The Kier molecular flexibility index (Phi) is 5.63. The maximum absolute atomic E-state index is 13.1. The number of carbonyl (C=O) groups is 1. The monoisotopic (exact) mass is 463 g/mol. The van der Waals surface area contributed by atoms with Crippen molar-refractivity contribution in [3.63, 3.8) is 0 Å². The van der Waals surface area contributed by atoms with Crippen LogP contribution in [0.3, 0.4) is 0 Å². The molecule has 3 heterocycles. The lowest BCUT2D eigenvalue weighted by molar-refractivity contribution is 0.0730. The lowest BCUT2D eigenvalue weighted by Crippen LogP contribution is -2.41. The van der Waals surface area contributed by atoms with E-state index in [1.54, 1.807) is 30.5 Å². The molecule has 2 aromatic carbocycles. The van der Waals surface area contributed by atoms with Crippen LogP contribution in [-0.4, -0.2) is 59.3 Å². The third-order valence-corrected chi connectivity index (χ3v) is 7.35. The van der Waals surface area contributed by atoms with E-state index in [1.807, 2.05) is 35.0 Å². The highest BCUT2D eigenvalue weighted by atomic mass is 32.2. The number of nitrogens with zero attached hydrogens (tertiary/aromatic N) is 4. The molecule has 1 aliphatic rings. The zero-order valence-corrected chi connectivity index (χ0v) is 18.4. The minimum atomic E-state index is -3.81. The molecule has 2 aromatic heterocycles. The van der Waals surface area contributed by atoms with E-state index in [4.69, 9.17) is 4.74 Å². The fraction of sp³-hybridized carbons (Fsp3) is 0.174. The fourth-order valence-corrected chi connectivity index (χ4v) is 5.29. The van der Waals surface area contributed by atoms with E-state index in [-0.39, 0.29) is 23.5 Å². The molecule has 1 saturated heterocycles. The van der Waals surface area contributed by atoms with E-state index in [0.29, 0.717) is 24.7 Å². The van der Waals surface area contributed by atoms with Crippen molar-refractivity contribution in [1.82, 2.24) is 18.7 Å². The molecule has 0 saturated carbocycles. The van der Waals surface area contributed by atoms with Gasteiger partial charge in [-0.15, -0.1) is 0 Å². The van der Waals surface area contributed by atoms with Crippen molar-refractivity contribution >= 4 is 27.4 Å². The third-order valence-electron chi connectivity index (χ3n) is 5.39. The van der Waals surface area contributed by atoms with Gasteiger partial charge in [-0.25, -0.2) is 18.4 Å². The van der Waals surface area contributed by atoms with Crippen LogP contribution >= 0.6 is 0 Å². The Morgan fingerprint density at radius 3 is 2.52 bits per heavy atom. The Bertz CT molecular complexity index is 1380. The van der Waals surface area contributed by atoms with Gasteiger partial charge in [0.2, 0.25) is 15.8 Å². The number of morpholine rings is 1. The van der Waals surface area contributed by atoms with Gasteiger partial charge in [0.1, 0.15) is 0 Å². The number of hydrogen-bond donors (Lipinski definition) is 1. The Balaban J connectivity index is 1.37. The summed E-state index contributed by atoms with van der Waals surface area (Å²) in [6.45, 7) is 1.20. The molecular weight excluding hydrogens is 442 g/mol. The standard InChI is InChI=1S/C23H21N5O4S/c29-22(19-4-1-2-5-21(19)33(30,31)28-12-14-32-15-13-28)25-18-8-6-17(7-9-18)20-16-27-11-3-10-24-23(27)26-20/h1-11,16H,12-15H2,(H,25,29). The average Bonchev–Trinajstić information content (AvgIpc) is 3.29. The van der Waals surface area contributed by atoms with Crippen LogP contribution in [0.5, 0.6) is 0 Å². The predicted octanol–water partition coefficient (Wildman–Crippen LogP) is 2.67. The number of anilines is 1. The number of carbonyl (C=O) groups excluding carboxylic acids is 1. The number of nitrogens with one attached hydrogen (secondary N) is 1. The summed E-state index contributed by atoms with van der Waals surface area (Å²) < 4.78 is 34.7. The van der Waals surface area contributed by atoms with E-state index in [1.165, 1.54) is 16.4 Å². The summed E-state index contributed by atoms with van der Waals surface area (Å²) in [5.41, 5.74) is 2.27. The summed E-state index contributed by atoms with van der Waals surface area (Å²) >= 11 is 0. The van der Waals surface area contributed by atoms with E-state index in [9.17, 15) is 13.2 Å². The van der Waals surface area contributed by atoms with E-state index in [2.05, 4.69) is 15.3 Å². The van der Waals surface area contributed by atoms with Gasteiger partial charge >= 0.3 is 0 Å². The Hall–Kier alpha value is -3.60. The van der Waals surface area contributed by atoms with E-state index < -0.39 is 15.9 Å². The summed E-state index contributed by atoms with van der Waals surface area (Å²) in [6, 6.07) is 15.3. The number of ether oxygens (including phenoxy) is 1. The largest absolute Gasteiger partial charge is 0.379 e. The minimum Gasteiger partial charge on any atom is -0.379 e. The molecule has 168 valence electrons. The van der Waals surface area contributed by atoms with Crippen molar-refractivity contribution in [3.8, 4) is 11.3 Å². The van der Waals surface area contributed by atoms with Crippen molar-refractivity contribution in [2.24, 2.45) is 0 Å². The molecule has 9 nitrogen and oxygen atoms in total. The van der Waals surface area contributed by atoms with Crippen molar-refractivity contribution in [3.05, 3.63) is 78.8 Å². The molecule has 10 heteroatoms. The molecule has 5 rings (SSSR count). The van der Waals surface area contributed by atoms with Crippen molar-refractivity contribution in [2.75, 3.05) is 31.6 Å². The molecule has 4 aromatic rings. The van der Waals surface area contributed by atoms with Crippen molar-refractivity contribution < 1.29 is 17.9 Å². The van der Waals surface area contributed by atoms with E-state index >= 15 is 0 Å². The SMILES string of the molecule is O=C(Nc1ccc(-c2cn3cccnc3n2)cc1)c1ccccc1S(=O)(=O)N1CCOCC1. The second-order valence-corrected chi connectivity index (χ2v) is 9.40. The molecule has 1 aliphatic heterocycles. The Morgan fingerprint density at radius 2 is 1.76 bits per heavy atom. The summed E-state index contributed by atoms with van der Waals surface area (Å²) in [5.74, 6) is 0.107. The first kappa shape index (κ1) is 21.3. The molecule has 0 aliphatic carbocycles. The summed E-state index contributed by atoms with van der Waals surface area (Å²) in [6.07, 6.45) is 5.43. The smallest absolute Gasteiger partial charge is 0.257 e. The van der Waals surface area contributed by atoms with Crippen LogP contribution in [0.4, 0.5) is 5.69 Å². The lowest BCUT2D eigenvalue weighted by atomic mass is 10.1. The number of sulfonamides is 1. The first-order valence-corrected chi connectivity index (χ1v) is 11.8. The average molecular weight is 464 g/mol. The first-order valence-electron chi connectivity index (χ1n) is 10.4. The molecule has 1 fully saturated rings. The van der Waals surface area contributed by atoms with Crippen LogP contribution in [0.15, 0.2) is 78.1 Å². The van der Waals surface area contributed by atoms with Crippen LogP contribution in [0.1, 0.15) is 10.4 Å². The summed E-state index contributed by atoms with van der Waals surface area (Å²) in [4.78, 5) is 21.7. The molecule has 0 radical (unpaired) electrons. The van der Waals surface area contributed by atoms with E-state index in [0.717, 1.165) is 11.3 Å².